The van der Waals surface area contributed by atoms with Crippen LogP contribution in [0, 0.1) is 6.92 Å². The Morgan fingerprint density at radius 3 is 2.81 bits per heavy atom. The fourth-order valence-corrected chi connectivity index (χ4v) is 2.13. The topological polar surface area (TPSA) is 43.8 Å². The second kappa shape index (κ2) is 4.80. The minimum Gasteiger partial charge on any atom is -0.330 e. The van der Waals surface area contributed by atoms with E-state index in [1.165, 1.54) is 0 Å². The largest absolute Gasteiger partial charge is 0.330 e. The highest BCUT2D eigenvalue weighted by Crippen LogP contribution is 2.21. The molecule has 1 aromatic heterocycles. The molecule has 1 aromatic carbocycles. The normalized spacial score (nSPS) is 10.7. The molecule has 0 amide bonds. The lowest BCUT2D eigenvalue weighted by Crippen LogP contribution is -2.04. The Morgan fingerprint density at radius 1 is 1.38 bits per heavy atom. The third-order valence-corrected chi connectivity index (χ3v) is 3.09. The first-order valence-electron chi connectivity index (χ1n) is 5.23. The summed E-state index contributed by atoms with van der Waals surface area (Å²) in [5.41, 5.74) is 8.75. The van der Waals surface area contributed by atoms with Crippen molar-refractivity contribution < 1.29 is 0 Å². The second-order valence-corrected chi connectivity index (χ2v) is 4.53. The van der Waals surface area contributed by atoms with E-state index in [2.05, 4.69) is 27.1 Å². The summed E-state index contributed by atoms with van der Waals surface area (Å²) in [6.45, 7) is 2.68. The monoisotopic (exact) mass is 279 g/mol. The van der Waals surface area contributed by atoms with Gasteiger partial charge in [0.25, 0.3) is 0 Å². The zero-order valence-electron chi connectivity index (χ0n) is 9.15. The quantitative estimate of drug-likeness (QED) is 0.938. The number of aromatic nitrogens is 2. The van der Waals surface area contributed by atoms with Crippen LogP contribution in [0.2, 0.25) is 0 Å². The van der Waals surface area contributed by atoms with Gasteiger partial charge in [-0.15, -0.1) is 0 Å². The number of para-hydroxylation sites is 1. The summed E-state index contributed by atoms with van der Waals surface area (Å²) in [7, 11) is 0. The number of nitrogens with zero attached hydrogens (tertiary/aromatic N) is 2. The van der Waals surface area contributed by atoms with Gasteiger partial charge >= 0.3 is 0 Å². The van der Waals surface area contributed by atoms with Crippen LogP contribution in [0.5, 0.6) is 0 Å². The van der Waals surface area contributed by atoms with Crippen LogP contribution in [0.25, 0.3) is 5.69 Å². The maximum Gasteiger partial charge on any atom is 0.0790 e. The van der Waals surface area contributed by atoms with Crippen molar-refractivity contribution in [2.75, 3.05) is 6.54 Å². The van der Waals surface area contributed by atoms with Crippen LogP contribution in [0.3, 0.4) is 0 Å². The molecule has 0 saturated heterocycles. The van der Waals surface area contributed by atoms with E-state index in [0.717, 1.165) is 28.0 Å². The van der Waals surface area contributed by atoms with Gasteiger partial charge in [-0.3, -0.25) is 0 Å². The molecule has 3 nitrogen and oxygen atoms in total. The molecule has 0 fully saturated rings. The van der Waals surface area contributed by atoms with Crippen molar-refractivity contribution in [3.8, 4) is 5.69 Å². The molecule has 0 saturated carbocycles. The highest BCUT2D eigenvalue weighted by Gasteiger charge is 2.07. The van der Waals surface area contributed by atoms with Gasteiger partial charge in [-0.25, -0.2) is 4.68 Å². The number of halogens is 1. The molecule has 0 spiro atoms. The van der Waals surface area contributed by atoms with E-state index in [0.29, 0.717) is 6.54 Å². The van der Waals surface area contributed by atoms with E-state index in [1.807, 2.05) is 35.9 Å². The lowest BCUT2D eigenvalue weighted by Gasteiger charge is -2.06. The molecule has 0 atom stereocenters. The molecule has 2 N–H and O–H groups in total. The van der Waals surface area contributed by atoms with Crippen LogP contribution < -0.4 is 5.73 Å². The average Bonchev–Trinajstić information content (AvgIpc) is 2.61. The number of hydrogen-bond donors (Lipinski definition) is 1. The Kier molecular flexibility index (Phi) is 3.41. The fourth-order valence-electron chi connectivity index (χ4n) is 1.68. The van der Waals surface area contributed by atoms with Crippen LogP contribution in [-0.2, 0) is 6.42 Å². The van der Waals surface area contributed by atoms with E-state index in [-0.39, 0.29) is 0 Å². The SMILES string of the molecule is Cc1cc(CCN)nn1-c1ccccc1Br. The molecular weight excluding hydrogens is 266 g/mol. The van der Waals surface area contributed by atoms with Gasteiger partial charge in [0.15, 0.2) is 0 Å². The molecule has 84 valence electrons. The van der Waals surface area contributed by atoms with Gasteiger partial charge in [0.05, 0.1) is 11.4 Å². The van der Waals surface area contributed by atoms with Gasteiger partial charge in [-0.2, -0.15) is 5.10 Å². The van der Waals surface area contributed by atoms with Crippen LogP contribution >= 0.6 is 15.9 Å². The van der Waals surface area contributed by atoms with E-state index in [4.69, 9.17) is 5.73 Å². The summed E-state index contributed by atoms with van der Waals surface area (Å²) in [6.07, 6.45) is 0.818. The lowest BCUT2D eigenvalue weighted by molar-refractivity contribution is 0.802. The van der Waals surface area contributed by atoms with Crippen molar-refractivity contribution in [1.82, 2.24) is 9.78 Å². The predicted molar refractivity (Wildman–Crippen MR) is 68.8 cm³/mol. The third kappa shape index (κ3) is 2.18. The Labute approximate surface area is 103 Å². The molecular formula is C12H14BrN3. The van der Waals surface area contributed by atoms with Crippen molar-refractivity contribution in [3.63, 3.8) is 0 Å². The highest BCUT2D eigenvalue weighted by atomic mass is 79.9. The minimum atomic E-state index is 0.631. The summed E-state index contributed by atoms with van der Waals surface area (Å²) in [4.78, 5) is 0. The standard InChI is InChI=1S/C12H14BrN3/c1-9-8-10(6-7-14)15-16(9)12-5-3-2-4-11(12)13/h2-5,8H,6-7,14H2,1H3. The molecule has 0 aliphatic carbocycles. The number of aryl methyl sites for hydroxylation is 1. The molecule has 0 unspecified atom stereocenters. The summed E-state index contributed by atoms with van der Waals surface area (Å²) >= 11 is 3.53. The Morgan fingerprint density at radius 2 is 2.12 bits per heavy atom. The Bertz CT molecular complexity index is 491. The van der Waals surface area contributed by atoms with E-state index < -0.39 is 0 Å². The number of hydrogen-bond acceptors (Lipinski definition) is 2. The van der Waals surface area contributed by atoms with Gasteiger partial charge in [-0.1, -0.05) is 12.1 Å². The zero-order valence-corrected chi connectivity index (χ0v) is 10.7. The summed E-state index contributed by atoms with van der Waals surface area (Å²) < 4.78 is 2.98. The van der Waals surface area contributed by atoms with E-state index in [9.17, 15) is 0 Å². The van der Waals surface area contributed by atoms with Gasteiger partial charge in [-0.05, 0) is 47.6 Å². The smallest absolute Gasteiger partial charge is 0.0790 e. The molecule has 1 heterocycles. The lowest BCUT2D eigenvalue weighted by atomic mass is 10.3. The molecule has 4 heteroatoms. The van der Waals surface area contributed by atoms with Crippen molar-refractivity contribution >= 4 is 15.9 Å². The van der Waals surface area contributed by atoms with Gasteiger partial charge in [0, 0.05) is 16.6 Å². The Hall–Kier alpha value is -1.13. The van der Waals surface area contributed by atoms with Crippen molar-refractivity contribution in [2.45, 2.75) is 13.3 Å². The van der Waals surface area contributed by atoms with Crippen LogP contribution in [-0.4, -0.2) is 16.3 Å². The zero-order chi connectivity index (χ0) is 11.5. The summed E-state index contributed by atoms with van der Waals surface area (Å²) in [6, 6.07) is 10.1. The van der Waals surface area contributed by atoms with Crippen LogP contribution in [0.4, 0.5) is 0 Å². The van der Waals surface area contributed by atoms with Crippen molar-refractivity contribution in [2.24, 2.45) is 5.73 Å². The average molecular weight is 280 g/mol. The number of nitrogens with two attached hydrogens (primary N) is 1. The predicted octanol–water partition coefficient (Wildman–Crippen LogP) is 2.44. The maximum absolute atomic E-state index is 5.53. The maximum atomic E-state index is 5.53. The van der Waals surface area contributed by atoms with Crippen LogP contribution in [0.15, 0.2) is 34.8 Å². The first-order valence-corrected chi connectivity index (χ1v) is 6.02. The van der Waals surface area contributed by atoms with E-state index in [1.54, 1.807) is 0 Å². The highest BCUT2D eigenvalue weighted by molar-refractivity contribution is 9.10. The molecule has 0 aliphatic rings. The molecule has 0 bridgehead atoms. The minimum absolute atomic E-state index is 0.631. The Balaban J connectivity index is 2.44. The summed E-state index contributed by atoms with van der Waals surface area (Å²) in [5.74, 6) is 0. The first-order chi connectivity index (χ1) is 7.72. The molecule has 16 heavy (non-hydrogen) atoms. The number of benzene rings is 1. The molecule has 0 radical (unpaired) electrons. The summed E-state index contributed by atoms with van der Waals surface area (Å²) in [5, 5.41) is 4.54. The fraction of sp³-hybridized carbons (Fsp3) is 0.250. The molecule has 0 aliphatic heterocycles. The first kappa shape index (κ1) is 11.4. The van der Waals surface area contributed by atoms with Crippen molar-refractivity contribution in [1.29, 1.82) is 0 Å². The van der Waals surface area contributed by atoms with Gasteiger partial charge < -0.3 is 5.73 Å². The second-order valence-electron chi connectivity index (χ2n) is 3.68. The number of rotatable bonds is 3. The van der Waals surface area contributed by atoms with Crippen molar-refractivity contribution in [3.05, 3.63) is 46.2 Å². The van der Waals surface area contributed by atoms with Gasteiger partial charge in [0.1, 0.15) is 0 Å². The van der Waals surface area contributed by atoms with Crippen LogP contribution in [0.1, 0.15) is 11.4 Å². The molecule has 2 rings (SSSR count). The van der Waals surface area contributed by atoms with Gasteiger partial charge in [0.2, 0.25) is 0 Å². The van der Waals surface area contributed by atoms with E-state index >= 15 is 0 Å². The third-order valence-electron chi connectivity index (χ3n) is 2.42. The molecule has 2 aromatic rings.